The molecule has 9 nitrogen and oxygen atoms in total. The quantitative estimate of drug-likeness (QED) is 0.282. The van der Waals surface area contributed by atoms with Crippen molar-refractivity contribution >= 4 is 24.0 Å². The van der Waals surface area contributed by atoms with Gasteiger partial charge in [-0.05, 0) is 61.3 Å². The number of hydrogen-bond donors (Lipinski definition) is 1. The van der Waals surface area contributed by atoms with Crippen LogP contribution in [-0.2, 0) is 19.0 Å². The molecule has 172 valence electrons. The Balaban J connectivity index is 5.75. The number of rotatable bonds is 7. The molecule has 0 fully saturated rings. The van der Waals surface area contributed by atoms with E-state index in [2.05, 4.69) is 4.99 Å². The molecule has 0 aliphatic carbocycles. The highest BCUT2D eigenvalue weighted by Gasteiger charge is 2.40. The number of halogens is 1. The summed E-state index contributed by atoms with van der Waals surface area (Å²) in [7, 11) is 1.12. The van der Waals surface area contributed by atoms with Crippen molar-refractivity contribution in [2.45, 2.75) is 78.6 Å². The molecule has 0 heterocycles. The number of esters is 1. The molecule has 0 aromatic rings. The molecular weight excluding hydrogens is 397 g/mol. The summed E-state index contributed by atoms with van der Waals surface area (Å²) in [6, 6.07) is -1.37. The lowest BCUT2D eigenvalue weighted by atomic mass is 10.1. The molecule has 10 heteroatoms. The molecule has 0 aromatic heterocycles. The van der Waals surface area contributed by atoms with Gasteiger partial charge >= 0.3 is 18.2 Å². The van der Waals surface area contributed by atoms with Gasteiger partial charge in [-0.1, -0.05) is 6.08 Å². The zero-order valence-electron chi connectivity index (χ0n) is 19.1. The average molecular weight is 432 g/mol. The largest absolute Gasteiger partial charge is 0.467 e. The van der Waals surface area contributed by atoms with E-state index in [9.17, 15) is 18.8 Å². The highest BCUT2D eigenvalue weighted by Crippen LogP contribution is 2.20. The zero-order valence-corrected chi connectivity index (χ0v) is 19.1. The molecule has 0 aromatic carbocycles. The van der Waals surface area contributed by atoms with E-state index in [1.807, 2.05) is 0 Å². The van der Waals surface area contributed by atoms with Crippen LogP contribution in [0.2, 0.25) is 0 Å². The second-order valence-electron chi connectivity index (χ2n) is 8.56. The Morgan fingerprint density at radius 2 is 1.53 bits per heavy atom. The van der Waals surface area contributed by atoms with Gasteiger partial charge in [0, 0.05) is 0 Å². The van der Waals surface area contributed by atoms with Crippen molar-refractivity contribution in [1.29, 1.82) is 0 Å². The van der Waals surface area contributed by atoms with E-state index in [4.69, 9.17) is 19.9 Å². The first kappa shape index (κ1) is 27.4. The number of nitrogens with zero attached hydrogens (tertiary/aromatic N) is 2. The Bertz CT molecular complexity index is 645. The molecule has 0 aliphatic rings. The maximum Gasteiger partial charge on any atom is 0.420 e. The lowest BCUT2D eigenvalue weighted by molar-refractivity contribution is -0.146. The maximum absolute atomic E-state index is 13.8. The van der Waals surface area contributed by atoms with Crippen molar-refractivity contribution in [3.63, 3.8) is 0 Å². The molecule has 0 rings (SSSR count). The number of aliphatic imine (C=N–C) groups is 1. The lowest BCUT2D eigenvalue weighted by Gasteiger charge is -2.32. The van der Waals surface area contributed by atoms with E-state index in [1.54, 1.807) is 41.5 Å². The molecule has 0 saturated carbocycles. The molecule has 0 aliphatic heterocycles. The zero-order chi connectivity index (χ0) is 23.7. The van der Waals surface area contributed by atoms with Gasteiger partial charge in [0.1, 0.15) is 23.1 Å². The van der Waals surface area contributed by atoms with Crippen LogP contribution in [0.1, 0.15) is 61.3 Å². The molecule has 1 atom stereocenters. The van der Waals surface area contributed by atoms with Gasteiger partial charge in [-0.2, -0.15) is 4.90 Å². The molecule has 30 heavy (non-hydrogen) atoms. The average Bonchev–Trinajstić information content (AvgIpc) is 2.54. The number of allylic oxidation sites excluding steroid dienone is 1. The first-order valence-corrected chi connectivity index (χ1v) is 9.51. The molecule has 0 saturated heterocycles. The number of nitrogens with two attached hydrogens (primary N) is 1. The monoisotopic (exact) mass is 431 g/mol. The van der Waals surface area contributed by atoms with Crippen molar-refractivity contribution < 1.29 is 33.0 Å². The van der Waals surface area contributed by atoms with Crippen LogP contribution in [-0.4, -0.2) is 59.8 Å². The minimum Gasteiger partial charge on any atom is -0.467 e. The predicted molar refractivity (Wildman–Crippen MR) is 111 cm³/mol. The summed E-state index contributed by atoms with van der Waals surface area (Å²) in [4.78, 5) is 42.1. The van der Waals surface area contributed by atoms with Gasteiger partial charge in [0.2, 0.25) is 0 Å². The van der Waals surface area contributed by atoms with Gasteiger partial charge in [0.15, 0.2) is 0 Å². The highest BCUT2D eigenvalue weighted by atomic mass is 19.1. The summed E-state index contributed by atoms with van der Waals surface area (Å²) in [5.74, 6) is -1.20. The first-order valence-electron chi connectivity index (χ1n) is 9.51. The minimum atomic E-state index is -1.37. The minimum absolute atomic E-state index is 0.0207. The van der Waals surface area contributed by atoms with Crippen LogP contribution in [0.3, 0.4) is 0 Å². The van der Waals surface area contributed by atoms with Crippen molar-refractivity contribution in [3.05, 3.63) is 11.9 Å². The fraction of sp³-hybridized carbons (Fsp3) is 0.700. The number of carbonyl (C=O) groups excluding carboxylic acids is 3. The summed E-state index contributed by atoms with van der Waals surface area (Å²) in [6.45, 7) is 11.0. The van der Waals surface area contributed by atoms with E-state index in [0.717, 1.165) is 7.11 Å². The molecule has 0 bridgehead atoms. The lowest BCUT2D eigenvalue weighted by Crippen LogP contribution is -2.52. The number of carbonyl (C=O) groups is 3. The van der Waals surface area contributed by atoms with Crippen LogP contribution in [0.5, 0.6) is 0 Å². The SMILES string of the molecule is COC(=O)C(CC/C=C(\F)CN=C(C)N)N(C(=O)OC(C)(C)C)C(=O)OC(C)(C)C. The van der Waals surface area contributed by atoms with Crippen molar-refractivity contribution in [2.24, 2.45) is 10.7 Å². The molecule has 0 radical (unpaired) electrons. The van der Waals surface area contributed by atoms with E-state index < -0.39 is 41.2 Å². The Morgan fingerprint density at radius 3 is 1.90 bits per heavy atom. The number of imide groups is 1. The number of ether oxygens (including phenoxy) is 3. The van der Waals surface area contributed by atoms with Gasteiger partial charge < -0.3 is 19.9 Å². The Morgan fingerprint density at radius 1 is 1.07 bits per heavy atom. The third-order valence-electron chi connectivity index (χ3n) is 3.25. The molecular formula is C20H34FN3O6. The van der Waals surface area contributed by atoms with Crippen LogP contribution < -0.4 is 5.73 Å². The Labute approximate surface area is 177 Å². The maximum atomic E-state index is 13.8. The Hall–Kier alpha value is -2.65. The van der Waals surface area contributed by atoms with Gasteiger partial charge in [-0.25, -0.2) is 18.8 Å². The van der Waals surface area contributed by atoms with E-state index in [0.29, 0.717) is 4.90 Å². The first-order chi connectivity index (χ1) is 13.6. The van der Waals surface area contributed by atoms with Gasteiger partial charge in [0.25, 0.3) is 0 Å². The molecule has 2 amide bonds. The molecule has 2 N–H and O–H groups in total. The summed E-state index contributed by atoms with van der Waals surface area (Å²) in [5.41, 5.74) is 3.51. The summed E-state index contributed by atoms with van der Waals surface area (Å²) < 4.78 is 29.1. The summed E-state index contributed by atoms with van der Waals surface area (Å²) >= 11 is 0. The van der Waals surface area contributed by atoms with Gasteiger partial charge in [-0.15, -0.1) is 0 Å². The number of amidine groups is 1. The van der Waals surface area contributed by atoms with Gasteiger partial charge in [0.05, 0.1) is 19.5 Å². The topological polar surface area (TPSA) is 121 Å². The van der Waals surface area contributed by atoms with Crippen LogP contribution in [0, 0.1) is 0 Å². The van der Waals surface area contributed by atoms with Crippen LogP contribution in [0.4, 0.5) is 14.0 Å². The predicted octanol–water partition coefficient (Wildman–Crippen LogP) is 3.71. The summed E-state index contributed by atoms with van der Waals surface area (Å²) in [6.07, 6.45) is -1.03. The smallest absolute Gasteiger partial charge is 0.420 e. The normalized spacial score (nSPS) is 14.0. The highest BCUT2D eigenvalue weighted by molar-refractivity contribution is 5.94. The van der Waals surface area contributed by atoms with E-state index in [1.165, 1.54) is 13.0 Å². The molecule has 0 spiro atoms. The number of hydrogen-bond acceptors (Lipinski definition) is 7. The van der Waals surface area contributed by atoms with E-state index in [-0.39, 0.29) is 25.2 Å². The van der Waals surface area contributed by atoms with Gasteiger partial charge in [-0.3, -0.25) is 4.99 Å². The molecule has 1 unspecified atom stereocenters. The third-order valence-corrected chi connectivity index (χ3v) is 3.25. The summed E-state index contributed by atoms with van der Waals surface area (Å²) in [5, 5.41) is 0. The van der Waals surface area contributed by atoms with E-state index >= 15 is 0 Å². The standard InChI is InChI=1S/C20H34FN3O6/c1-13(22)23-12-14(21)10-9-11-15(16(25)28-8)24(17(26)29-19(2,3)4)18(27)30-20(5,6)7/h10,15H,9,11-12H2,1-8H3,(H2,22,23)/b14-10-. The van der Waals surface area contributed by atoms with Crippen molar-refractivity contribution in [1.82, 2.24) is 4.90 Å². The van der Waals surface area contributed by atoms with Crippen LogP contribution in [0.25, 0.3) is 0 Å². The second kappa shape index (κ2) is 11.5. The fourth-order valence-electron chi connectivity index (χ4n) is 2.10. The second-order valence-corrected chi connectivity index (χ2v) is 8.56. The third kappa shape index (κ3) is 11.4. The fourth-order valence-corrected chi connectivity index (χ4v) is 2.10. The van der Waals surface area contributed by atoms with Crippen LogP contribution >= 0.6 is 0 Å². The Kier molecular flexibility index (Phi) is 10.5. The van der Waals surface area contributed by atoms with Crippen molar-refractivity contribution in [2.75, 3.05) is 13.7 Å². The number of amides is 2. The van der Waals surface area contributed by atoms with Crippen LogP contribution in [0.15, 0.2) is 16.9 Å². The number of methoxy groups -OCH3 is 1. The van der Waals surface area contributed by atoms with Crippen molar-refractivity contribution in [3.8, 4) is 0 Å².